The van der Waals surface area contributed by atoms with Crippen molar-refractivity contribution in [2.24, 2.45) is 24.8 Å². The molecular weight excluding hydrogens is 272 g/mol. The molecule has 0 aliphatic rings. The molecular formula is C13H20N6O2. The van der Waals surface area contributed by atoms with Crippen molar-refractivity contribution in [1.29, 1.82) is 0 Å². The van der Waals surface area contributed by atoms with E-state index < -0.39 is 5.69 Å². The second-order valence-electron chi connectivity index (χ2n) is 5.28. The van der Waals surface area contributed by atoms with Crippen molar-refractivity contribution in [1.82, 2.24) is 18.7 Å². The number of nitrogens with zero attached hydrogens (tertiary/aromatic N) is 5. The predicted octanol–water partition coefficient (Wildman–Crippen LogP) is -0.411. The number of aliphatic imine (C=N–C) groups is 1. The van der Waals surface area contributed by atoms with Crippen LogP contribution >= 0.6 is 0 Å². The Hall–Kier alpha value is -2.38. The maximum Gasteiger partial charge on any atom is 0.332 e. The van der Waals surface area contributed by atoms with Gasteiger partial charge in [0.2, 0.25) is 0 Å². The summed E-state index contributed by atoms with van der Waals surface area (Å²) in [6.07, 6.45) is 2.07. The number of amidine groups is 1. The molecule has 114 valence electrons. The van der Waals surface area contributed by atoms with Crippen LogP contribution in [0.1, 0.15) is 20.3 Å². The van der Waals surface area contributed by atoms with Crippen LogP contribution < -0.4 is 17.0 Å². The molecule has 0 radical (unpaired) electrons. The molecule has 21 heavy (non-hydrogen) atoms. The van der Waals surface area contributed by atoms with Crippen molar-refractivity contribution >= 4 is 17.0 Å². The van der Waals surface area contributed by atoms with Crippen molar-refractivity contribution in [3.63, 3.8) is 0 Å². The van der Waals surface area contributed by atoms with Crippen LogP contribution in [0.2, 0.25) is 0 Å². The lowest BCUT2D eigenvalue weighted by molar-refractivity contribution is 0.692. The van der Waals surface area contributed by atoms with Gasteiger partial charge in [0.15, 0.2) is 11.2 Å². The Labute approximate surface area is 121 Å². The van der Waals surface area contributed by atoms with Crippen molar-refractivity contribution in [3.05, 3.63) is 27.2 Å². The van der Waals surface area contributed by atoms with Gasteiger partial charge in [0.25, 0.3) is 5.56 Å². The topological polar surface area (TPSA) is 100 Å². The van der Waals surface area contributed by atoms with Crippen molar-refractivity contribution in [2.75, 3.05) is 0 Å². The Morgan fingerprint density at radius 2 is 2.00 bits per heavy atom. The second kappa shape index (κ2) is 5.55. The fraction of sp³-hybridized carbons (Fsp3) is 0.538. The van der Waals surface area contributed by atoms with Gasteiger partial charge in [-0.25, -0.2) is 9.78 Å². The number of aromatic nitrogens is 4. The Kier molecular flexibility index (Phi) is 3.97. The zero-order chi connectivity index (χ0) is 15.7. The minimum atomic E-state index is -0.390. The Morgan fingerprint density at radius 3 is 2.62 bits per heavy atom. The Bertz CT molecular complexity index is 808. The summed E-state index contributed by atoms with van der Waals surface area (Å²) in [7, 11) is 3.05. The molecule has 2 aromatic rings. The molecule has 8 heteroatoms. The van der Waals surface area contributed by atoms with E-state index in [0.717, 1.165) is 4.57 Å². The third-order valence-electron chi connectivity index (χ3n) is 3.25. The molecule has 0 fully saturated rings. The third-order valence-corrected chi connectivity index (χ3v) is 3.25. The first-order chi connectivity index (χ1) is 9.82. The minimum absolute atomic E-state index is 0.137. The first-order valence-electron chi connectivity index (χ1n) is 6.76. The summed E-state index contributed by atoms with van der Waals surface area (Å²) in [5, 5.41) is 0. The van der Waals surface area contributed by atoms with Crippen LogP contribution in [0.15, 0.2) is 20.9 Å². The minimum Gasteiger partial charge on any atom is -0.387 e. The molecule has 2 rings (SSSR count). The quantitative estimate of drug-likeness (QED) is 0.611. The fourth-order valence-corrected chi connectivity index (χ4v) is 2.20. The average molecular weight is 292 g/mol. The van der Waals surface area contributed by atoms with E-state index >= 15 is 0 Å². The number of hydrogen-bond donors (Lipinski definition) is 1. The number of hydrogen-bond acceptors (Lipinski definition) is 4. The lowest BCUT2D eigenvalue weighted by atomic mass is 10.3. The number of aryl methyl sites for hydroxylation is 2. The Balaban J connectivity index is 2.44. The van der Waals surface area contributed by atoms with Crippen LogP contribution in [0.25, 0.3) is 11.2 Å². The van der Waals surface area contributed by atoms with Crippen molar-refractivity contribution in [2.45, 2.75) is 32.9 Å². The van der Waals surface area contributed by atoms with Crippen LogP contribution in [0.4, 0.5) is 0 Å². The standard InChI is InChI=1S/C13H20N6O2/c1-8(2)16-9(14)5-6-19-7-15-11-10(19)12(20)18(4)13(21)17(11)3/h7-8H,5-6H2,1-4H3,(H2,14,16). The highest BCUT2D eigenvalue weighted by Gasteiger charge is 2.14. The van der Waals surface area contributed by atoms with Gasteiger partial charge in [-0.3, -0.25) is 18.9 Å². The summed E-state index contributed by atoms with van der Waals surface area (Å²) in [6.45, 7) is 4.39. The van der Waals surface area contributed by atoms with Crippen LogP contribution in [0, 0.1) is 0 Å². The van der Waals surface area contributed by atoms with Crippen LogP contribution in [-0.4, -0.2) is 30.6 Å². The highest BCUT2D eigenvalue weighted by molar-refractivity contribution is 5.80. The number of nitrogens with two attached hydrogens (primary N) is 1. The molecule has 0 saturated carbocycles. The highest BCUT2D eigenvalue weighted by Crippen LogP contribution is 2.06. The normalized spacial score (nSPS) is 12.5. The fourth-order valence-electron chi connectivity index (χ4n) is 2.20. The van der Waals surface area contributed by atoms with Gasteiger partial charge in [-0.05, 0) is 13.8 Å². The molecule has 0 saturated heterocycles. The maximum absolute atomic E-state index is 12.2. The molecule has 2 aromatic heterocycles. The van der Waals surface area contributed by atoms with Gasteiger partial charge in [0.1, 0.15) is 0 Å². The van der Waals surface area contributed by atoms with Gasteiger partial charge in [-0.1, -0.05) is 0 Å². The maximum atomic E-state index is 12.2. The van der Waals surface area contributed by atoms with Gasteiger partial charge in [0.05, 0.1) is 12.2 Å². The smallest absolute Gasteiger partial charge is 0.332 e. The summed E-state index contributed by atoms with van der Waals surface area (Å²) in [5.74, 6) is 0.536. The first-order valence-corrected chi connectivity index (χ1v) is 6.76. The third kappa shape index (κ3) is 2.74. The van der Waals surface area contributed by atoms with Crippen LogP contribution in [0.5, 0.6) is 0 Å². The SMILES string of the molecule is CC(C)N=C(N)CCn1cnc2c1c(=O)n(C)c(=O)n2C. The Morgan fingerprint density at radius 1 is 1.33 bits per heavy atom. The lowest BCUT2D eigenvalue weighted by Crippen LogP contribution is -2.37. The molecule has 0 atom stereocenters. The molecule has 8 nitrogen and oxygen atoms in total. The monoisotopic (exact) mass is 292 g/mol. The van der Waals surface area contributed by atoms with E-state index in [-0.39, 0.29) is 11.6 Å². The van der Waals surface area contributed by atoms with Gasteiger partial charge in [-0.15, -0.1) is 0 Å². The molecule has 2 N–H and O–H groups in total. The van der Waals surface area contributed by atoms with E-state index in [2.05, 4.69) is 9.98 Å². The van der Waals surface area contributed by atoms with Gasteiger partial charge in [0, 0.05) is 33.1 Å². The van der Waals surface area contributed by atoms with Crippen LogP contribution in [-0.2, 0) is 20.6 Å². The van der Waals surface area contributed by atoms with E-state index in [0.29, 0.717) is 30.0 Å². The lowest BCUT2D eigenvalue weighted by Gasteiger charge is -2.07. The predicted molar refractivity (Wildman–Crippen MR) is 81.6 cm³/mol. The molecule has 0 bridgehead atoms. The van der Waals surface area contributed by atoms with Gasteiger partial charge >= 0.3 is 5.69 Å². The van der Waals surface area contributed by atoms with E-state index in [4.69, 9.17) is 5.73 Å². The summed E-state index contributed by atoms with van der Waals surface area (Å²) in [4.78, 5) is 32.5. The van der Waals surface area contributed by atoms with E-state index in [9.17, 15) is 9.59 Å². The van der Waals surface area contributed by atoms with E-state index in [1.165, 1.54) is 11.6 Å². The largest absolute Gasteiger partial charge is 0.387 e. The molecule has 2 heterocycles. The highest BCUT2D eigenvalue weighted by atomic mass is 16.2. The summed E-state index contributed by atoms with van der Waals surface area (Å²) in [5.41, 5.74) is 5.87. The average Bonchev–Trinajstić information content (AvgIpc) is 2.83. The molecule has 0 unspecified atom stereocenters. The number of fused-ring (bicyclic) bond motifs is 1. The molecule has 0 aliphatic carbocycles. The van der Waals surface area contributed by atoms with E-state index in [1.54, 1.807) is 17.9 Å². The second-order valence-corrected chi connectivity index (χ2v) is 5.28. The summed E-state index contributed by atoms with van der Waals surface area (Å²) >= 11 is 0. The van der Waals surface area contributed by atoms with Crippen molar-refractivity contribution < 1.29 is 0 Å². The molecule has 0 spiro atoms. The molecule has 0 amide bonds. The van der Waals surface area contributed by atoms with Gasteiger partial charge in [-0.2, -0.15) is 0 Å². The molecule has 0 aliphatic heterocycles. The zero-order valence-electron chi connectivity index (χ0n) is 12.7. The summed E-state index contributed by atoms with van der Waals surface area (Å²) in [6, 6.07) is 0.137. The van der Waals surface area contributed by atoms with Gasteiger partial charge < -0.3 is 10.3 Å². The summed E-state index contributed by atoms with van der Waals surface area (Å²) < 4.78 is 4.14. The van der Waals surface area contributed by atoms with E-state index in [1.807, 2.05) is 13.8 Å². The zero-order valence-corrected chi connectivity index (χ0v) is 12.7. The first kappa shape index (κ1) is 15.0. The number of rotatable bonds is 4. The molecule has 0 aromatic carbocycles. The van der Waals surface area contributed by atoms with Crippen molar-refractivity contribution in [3.8, 4) is 0 Å². The number of imidazole rings is 1. The van der Waals surface area contributed by atoms with Crippen LogP contribution in [0.3, 0.4) is 0 Å².